The Labute approximate surface area is 200 Å². The summed E-state index contributed by atoms with van der Waals surface area (Å²) in [6.45, 7) is 0.954. The van der Waals surface area contributed by atoms with E-state index < -0.39 is 0 Å². The number of fused-ring (bicyclic) bond motifs is 2. The van der Waals surface area contributed by atoms with E-state index in [0.29, 0.717) is 34.4 Å². The molecule has 2 aliphatic heterocycles. The molecule has 0 radical (unpaired) electrons. The molecule has 0 fully saturated rings. The number of rotatable bonds is 5. The summed E-state index contributed by atoms with van der Waals surface area (Å²) in [7, 11) is 3.65. The summed E-state index contributed by atoms with van der Waals surface area (Å²) in [5, 5.41) is 15.5. The van der Waals surface area contributed by atoms with Gasteiger partial charge in [-0.2, -0.15) is 4.68 Å². The van der Waals surface area contributed by atoms with Crippen molar-refractivity contribution in [3.8, 4) is 22.9 Å². The molecule has 0 saturated carbocycles. The van der Waals surface area contributed by atoms with Gasteiger partial charge in [0.15, 0.2) is 23.1 Å². The van der Waals surface area contributed by atoms with Crippen LogP contribution in [0.15, 0.2) is 53.1 Å². The quantitative estimate of drug-likeness (QED) is 0.466. The van der Waals surface area contributed by atoms with Crippen molar-refractivity contribution in [2.75, 3.05) is 32.8 Å². The Kier molecular flexibility index (Phi) is 5.10. The van der Waals surface area contributed by atoms with E-state index in [0.717, 1.165) is 24.1 Å². The number of carbonyl (C=O) groups is 1. The fraction of sp³-hybridized carbons (Fsp3) is 0.250. The van der Waals surface area contributed by atoms with E-state index in [9.17, 15) is 4.79 Å². The summed E-state index contributed by atoms with van der Waals surface area (Å²) in [5.74, 6) is 2.40. The van der Waals surface area contributed by atoms with Crippen molar-refractivity contribution >= 4 is 11.6 Å². The molecule has 0 saturated heterocycles. The zero-order valence-electron chi connectivity index (χ0n) is 19.1. The third-order valence-electron chi connectivity index (χ3n) is 6.23. The number of benzene rings is 2. The lowest BCUT2D eigenvalue weighted by Gasteiger charge is -2.34. The Morgan fingerprint density at radius 3 is 2.94 bits per heavy atom. The van der Waals surface area contributed by atoms with Crippen molar-refractivity contribution in [3.63, 3.8) is 0 Å². The molecule has 1 atom stereocenters. The summed E-state index contributed by atoms with van der Waals surface area (Å²) >= 11 is 0. The number of methoxy groups -OCH3 is 1. The highest BCUT2D eigenvalue weighted by atomic mass is 16.7. The van der Waals surface area contributed by atoms with Crippen molar-refractivity contribution in [2.45, 2.75) is 12.5 Å². The van der Waals surface area contributed by atoms with Gasteiger partial charge >= 0.3 is 0 Å². The number of carbonyl (C=O) groups excluding carboxylic acids is 1. The molecule has 0 unspecified atom stereocenters. The Morgan fingerprint density at radius 2 is 2.11 bits per heavy atom. The number of tetrazole rings is 1. The molecule has 4 heterocycles. The highest BCUT2D eigenvalue weighted by molar-refractivity contribution is 6.02. The Bertz CT molecular complexity index is 1400. The average Bonchev–Trinajstić information content (AvgIpc) is 3.64. The molecule has 6 rings (SSSR count). The minimum atomic E-state index is -0.342. The van der Waals surface area contributed by atoms with Gasteiger partial charge in [0, 0.05) is 17.8 Å². The number of hydrogen-bond donors (Lipinski definition) is 1. The second kappa shape index (κ2) is 8.44. The van der Waals surface area contributed by atoms with Crippen LogP contribution in [0.1, 0.15) is 33.5 Å². The van der Waals surface area contributed by atoms with Crippen molar-refractivity contribution in [1.82, 2.24) is 25.1 Å². The molecule has 2 aliphatic rings. The Balaban J connectivity index is 1.40. The largest absolute Gasteiger partial charge is 0.492 e. The second-order valence-electron chi connectivity index (χ2n) is 8.28. The lowest BCUT2D eigenvalue weighted by Crippen LogP contribution is -2.35. The molecule has 1 amide bonds. The van der Waals surface area contributed by atoms with Gasteiger partial charge in [-0.3, -0.25) is 9.69 Å². The lowest BCUT2D eigenvalue weighted by molar-refractivity contribution is 0.0996. The minimum Gasteiger partial charge on any atom is -0.492 e. The number of likely N-dealkylation sites (N-methyl/N-ethyl adjacent to an activating group) is 1. The van der Waals surface area contributed by atoms with Crippen LogP contribution in [0.25, 0.3) is 5.69 Å². The predicted molar refractivity (Wildman–Crippen MR) is 123 cm³/mol. The van der Waals surface area contributed by atoms with Crippen LogP contribution < -0.4 is 19.5 Å². The normalized spacial score (nSPS) is 16.7. The van der Waals surface area contributed by atoms with Crippen LogP contribution in [0, 0.1) is 0 Å². The van der Waals surface area contributed by atoms with Gasteiger partial charge in [-0.15, -0.1) is 5.10 Å². The maximum Gasteiger partial charge on any atom is 0.291 e. The van der Waals surface area contributed by atoms with Gasteiger partial charge in [0.25, 0.3) is 5.91 Å². The molecule has 0 spiro atoms. The van der Waals surface area contributed by atoms with Crippen molar-refractivity contribution in [1.29, 1.82) is 0 Å². The maximum atomic E-state index is 12.4. The topological polar surface area (TPSA) is 117 Å². The van der Waals surface area contributed by atoms with E-state index in [4.69, 9.17) is 18.6 Å². The number of ether oxygens (including phenoxy) is 3. The van der Waals surface area contributed by atoms with Crippen molar-refractivity contribution < 1.29 is 23.4 Å². The summed E-state index contributed by atoms with van der Waals surface area (Å²) in [4.78, 5) is 14.6. The van der Waals surface area contributed by atoms with E-state index >= 15 is 0 Å². The third kappa shape index (κ3) is 3.56. The zero-order chi connectivity index (χ0) is 23.9. The number of nitrogens with zero attached hydrogens (tertiary/aromatic N) is 5. The molecule has 35 heavy (non-hydrogen) atoms. The first-order chi connectivity index (χ1) is 17.1. The Hall–Kier alpha value is -4.38. The molecule has 11 nitrogen and oxygen atoms in total. The smallest absolute Gasteiger partial charge is 0.291 e. The summed E-state index contributed by atoms with van der Waals surface area (Å²) < 4.78 is 24.0. The number of furan rings is 1. The highest BCUT2D eigenvalue weighted by Gasteiger charge is 2.37. The summed E-state index contributed by atoms with van der Waals surface area (Å²) in [6.07, 6.45) is 2.28. The fourth-order valence-corrected chi connectivity index (χ4v) is 4.62. The van der Waals surface area contributed by atoms with E-state index in [1.54, 1.807) is 36.1 Å². The van der Waals surface area contributed by atoms with Gasteiger partial charge in [-0.25, -0.2) is 0 Å². The van der Waals surface area contributed by atoms with Crippen LogP contribution in [0.3, 0.4) is 0 Å². The molecule has 0 aliphatic carbocycles. The first-order valence-corrected chi connectivity index (χ1v) is 11.1. The summed E-state index contributed by atoms with van der Waals surface area (Å²) in [5.41, 5.74) is 3.33. The van der Waals surface area contributed by atoms with Gasteiger partial charge in [-0.1, -0.05) is 6.07 Å². The standard InChI is InChI=1S/C24H22N6O5/c1-29-9-8-14-11-18-21(35-13-34-18)22(32-2)19(14)20(29)23-26-27-28-30(23)16-6-3-5-15(12-16)25-24(31)17-7-4-10-33-17/h3-7,10-12,20H,8-9,13H2,1-2H3,(H,25,31)/t20-/m1/s1. The van der Waals surface area contributed by atoms with Gasteiger partial charge in [0.05, 0.1) is 19.1 Å². The lowest BCUT2D eigenvalue weighted by atomic mass is 9.90. The first kappa shape index (κ1) is 21.2. The van der Waals surface area contributed by atoms with Crippen LogP contribution in [0.5, 0.6) is 17.2 Å². The van der Waals surface area contributed by atoms with E-state index in [-0.39, 0.29) is 24.5 Å². The molecule has 1 N–H and O–H groups in total. The molecular weight excluding hydrogens is 452 g/mol. The first-order valence-electron chi connectivity index (χ1n) is 11.1. The third-order valence-corrected chi connectivity index (χ3v) is 6.23. The maximum absolute atomic E-state index is 12.4. The zero-order valence-corrected chi connectivity index (χ0v) is 19.1. The average molecular weight is 474 g/mol. The van der Waals surface area contributed by atoms with Crippen molar-refractivity contribution in [2.24, 2.45) is 0 Å². The molecule has 2 aromatic heterocycles. The Morgan fingerprint density at radius 1 is 1.20 bits per heavy atom. The molecular formula is C24H22N6O5. The fourth-order valence-electron chi connectivity index (χ4n) is 4.62. The van der Waals surface area contributed by atoms with Crippen molar-refractivity contribution in [3.05, 3.63) is 71.4 Å². The van der Waals surface area contributed by atoms with Crippen LogP contribution in [-0.4, -0.2) is 58.5 Å². The van der Waals surface area contributed by atoms with E-state index in [1.165, 1.54) is 6.26 Å². The van der Waals surface area contributed by atoms with Crippen LogP contribution in [-0.2, 0) is 6.42 Å². The van der Waals surface area contributed by atoms with E-state index in [1.807, 2.05) is 25.2 Å². The number of hydrogen-bond acceptors (Lipinski definition) is 9. The minimum absolute atomic E-state index is 0.156. The number of nitrogens with one attached hydrogen (secondary N) is 1. The van der Waals surface area contributed by atoms with Gasteiger partial charge < -0.3 is 23.9 Å². The molecule has 4 aromatic rings. The van der Waals surface area contributed by atoms with Crippen LogP contribution in [0.4, 0.5) is 5.69 Å². The highest BCUT2D eigenvalue weighted by Crippen LogP contribution is 2.50. The second-order valence-corrected chi connectivity index (χ2v) is 8.28. The SMILES string of the molecule is COc1c2c(cc3c1[C@H](c1nnnn1-c1cccc(NC(=O)c4ccco4)c1)N(C)CC3)OCO2. The van der Waals surface area contributed by atoms with Gasteiger partial charge in [0.1, 0.15) is 6.04 Å². The van der Waals surface area contributed by atoms with Gasteiger partial charge in [0.2, 0.25) is 12.5 Å². The summed E-state index contributed by atoms with van der Waals surface area (Å²) in [6, 6.07) is 12.3. The number of anilines is 1. The molecule has 11 heteroatoms. The number of amides is 1. The van der Waals surface area contributed by atoms with Gasteiger partial charge in [-0.05, 0) is 65.9 Å². The van der Waals surface area contributed by atoms with Crippen LogP contribution in [0.2, 0.25) is 0 Å². The molecule has 0 bridgehead atoms. The van der Waals surface area contributed by atoms with Crippen LogP contribution >= 0.6 is 0 Å². The number of aromatic nitrogens is 4. The molecule has 2 aromatic carbocycles. The monoisotopic (exact) mass is 474 g/mol. The van der Waals surface area contributed by atoms with E-state index in [2.05, 4.69) is 25.7 Å². The predicted octanol–water partition coefficient (Wildman–Crippen LogP) is 2.82. The molecule has 178 valence electrons.